The van der Waals surface area contributed by atoms with Crippen molar-refractivity contribution in [2.45, 2.75) is 59.9 Å². The Morgan fingerprint density at radius 1 is 1.28 bits per heavy atom. The predicted molar refractivity (Wildman–Crippen MR) is 117 cm³/mol. The van der Waals surface area contributed by atoms with E-state index in [9.17, 15) is 4.79 Å². The Morgan fingerprint density at radius 2 is 2.03 bits per heavy atom. The molecule has 1 amide bonds. The molecular formula is C23H28N4OS. The van der Waals surface area contributed by atoms with Crippen molar-refractivity contribution in [3.05, 3.63) is 62.9 Å². The maximum atomic E-state index is 12.8. The quantitative estimate of drug-likeness (QED) is 0.685. The zero-order valence-corrected chi connectivity index (χ0v) is 18.6. The largest absolute Gasteiger partial charge is 0.349 e. The highest BCUT2D eigenvalue weighted by Gasteiger charge is 2.36. The Labute approximate surface area is 176 Å². The van der Waals surface area contributed by atoms with Gasteiger partial charge in [-0.05, 0) is 50.7 Å². The van der Waals surface area contributed by atoms with Crippen LogP contribution in [-0.4, -0.2) is 20.7 Å². The van der Waals surface area contributed by atoms with Crippen LogP contribution in [0.5, 0.6) is 0 Å². The van der Waals surface area contributed by atoms with Crippen LogP contribution in [0.15, 0.2) is 30.5 Å². The minimum absolute atomic E-state index is 0.0201. The first-order valence-corrected chi connectivity index (χ1v) is 10.9. The van der Waals surface area contributed by atoms with Gasteiger partial charge in [-0.25, -0.2) is 9.67 Å². The van der Waals surface area contributed by atoms with Gasteiger partial charge in [-0.15, -0.1) is 11.3 Å². The summed E-state index contributed by atoms with van der Waals surface area (Å²) in [5.41, 5.74) is 5.68. The average molecular weight is 409 g/mol. The molecular weight excluding hydrogens is 380 g/mol. The first-order chi connectivity index (χ1) is 13.7. The number of para-hydroxylation sites is 1. The van der Waals surface area contributed by atoms with Gasteiger partial charge in [0.2, 0.25) is 5.91 Å². The van der Waals surface area contributed by atoms with Gasteiger partial charge >= 0.3 is 0 Å². The van der Waals surface area contributed by atoms with Gasteiger partial charge in [-0.2, -0.15) is 5.10 Å². The summed E-state index contributed by atoms with van der Waals surface area (Å²) in [5.74, 6) is 0.0500. The highest BCUT2D eigenvalue weighted by molar-refractivity contribution is 7.11. The molecule has 1 N–H and O–H groups in total. The third-order valence-electron chi connectivity index (χ3n) is 5.68. The molecule has 3 aromatic rings. The van der Waals surface area contributed by atoms with Gasteiger partial charge in [0, 0.05) is 10.4 Å². The van der Waals surface area contributed by atoms with E-state index in [0.717, 1.165) is 39.7 Å². The first kappa shape index (κ1) is 19.8. The molecule has 29 heavy (non-hydrogen) atoms. The van der Waals surface area contributed by atoms with Crippen molar-refractivity contribution in [1.29, 1.82) is 0 Å². The van der Waals surface area contributed by atoms with Crippen molar-refractivity contribution in [3.8, 4) is 5.69 Å². The number of benzene rings is 1. The van der Waals surface area contributed by atoms with Crippen molar-refractivity contribution >= 4 is 17.2 Å². The molecule has 0 spiro atoms. The Balaban J connectivity index is 1.62. The molecule has 4 rings (SSSR count). The highest BCUT2D eigenvalue weighted by atomic mass is 32.1. The van der Waals surface area contributed by atoms with Gasteiger partial charge in [0.1, 0.15) is 0 Å². The lowest BCUT2D eigenvalue weighted by atomic mass is 9.74. The van der Waals surface area contributed by atoms with Gasteiger partial charge in [-0.1, -0.05) is 32.0 Å². The lowest BCUT2D eigenvalue weighted by molar-refractivity contribution is -0.121. The van der Waals surface area contributed by atoms with Crippen LogP contribution in [0.25, 0.3) is 5.69 Å². The van der Waals surface area contributed by atoms with Crippen LogP contribution >= 0.6 is 11.3 Å². The number of thiazole rings is 1. The van der Waals surface area contributed by atoms with E-state index in [1.54, 1.807) is 11.3 Å². The number of hydrogen-bond donors (Lipinski definition) is 1. The van der Waals surface area contributed by atoms with Crippen LogP contribution in [0.4, 0.5) is 0 Å². The van der Waals surface area contributed by atoms with E-state index in [-0.39, 0.29) is 17.4 Å². The Morgan fingerprint density at radius 3 is 2.72 bits per heavy atom. The van der Waals surface area contributed by atoms with Crippen molar-refractivity contribution in [2.24, 2.45) is 5.41 Å². The summed E-state index contributed by atoms with van der Waals surface area (Å²) in [5, 5.41) is 9.00. The van der Waals surface area contributed by atoms with Crippen LogP contribution in [0.1, 0.15) is 58.7 Å². The van der Waals surface area contributed by atoms with E-state index in [1.807, 2.05) is 32.2 Å². The maximum Gasteiger partial charge on any atom is 0.225 e. The number of aryl methyl sites for hydroxylation is 3. The molecule has 1 atom stereocenters. The molecule has 0 saturated heterocycles. The topological polar surface area (TPSA) is 59.8 Å². The van der Waals surface area contributed by atoms with Gasteiger partial charge < -0.3 is 5.32 Å². The van der Waals surface area contributed by atoms with Gasteiger partial charge in [0.25, 0.3) is 0 Å². The maximum absolute atomic E-state index is 12.8. The normalized spacial score (nSPS) is 17.8. The summed E-state index contributed by atoms with van der Waals surface area (Å²) in [6.45, 7) is 10.6. The summed E-state index contributed by atoms with van der Waals surface area (Å²) < 4.78 is 2.06. The van der Waals surface area contributed by atoms with E-state index >= 15 is 0 Å². The summed E-state index contributed by atoms with van der Waals surface area (Å²) in [6.07, 6.45) is 4.17. The minimum Gasteiger partial charge on any atom is -0.349 e. The van der Waals surface area contributed by atoms with Crippen molar-refractivity contribution < 1.29 is 4.79 Å². The number of amides is 1. The molecule has 0 bridgehead atoms. The molecule has 6 heteroatoms. The minimum atomic E-state index is -0.0201. The number of carbonyl (C=O) groups excluding carboxylic acids is 1. The molecule has 1 aliphatic carbocycles. The SMILES string of the molecule is Cc1nc(C)c(CC(=O)N[C@@H]2CC(C)(C)Cc3c2cnn3-c2ccccc2C)s1. The Kier molecular flexibility index (Phi) is 5.07. The standard InChI is InChI=1S/C23H28N4OS/c1-14-8-6-7-9-19(14)27-20-12-23(4,5)11-18(17(20)13-24-27)26-22(28)10-21-15(2)25-16(3)29-21/h6-9,13,18H,10-12H2,1-5H3,(H,26,28)/t18-/m1/s1. The number of nitrogens with one attached hydrogen (secondary N) is 1. The fourth-order valence-electron chi connectivity index (χ4n) is 4.31. The molecule has 2 heterocycles. The first-order valence-electron chi connectivity index (χ1n) is 10.1. The molecule has 1 aromatic carbocycles. The predicted octanol–water partition coefficient (Wildman–Crippen LogP) is 4.63. The smallest absolute Gasteiger partial charge is 0.225 e. The van der Waals surface area contributed by atoms with E-state index in [2.05, 4.69) is 47.9 Å². The molecule has 1 aliphatic rings. The van der Waals surface area contributed by atoms with Gasteiger partial charge in [0.05, 0.1) is 40.7 Å². The number of aromatic nitrogens is 3. The summed E-state index contributed by atoms with van der Waals surface area (Å²) in [7, 11) is 0. The third-order valence-corrected chi connectivity index (χ3v) is 6.75. The molecule has 0 unspecified atom stereocenters. The van der Waals surface area contributed by atoms with E-state index in [0.29, 0.717) is 6.42 Å². The zero-order valence-electron chi connectivity index (χ0n) is 17.7. The van der Waals surface area contributed by atoms with Crippen LogP contribution in [0, 0.1) is 26.2 Å². The van der Waals surface area contributed by atoms with E-state index < -0.39 is 0 Å². The van der Waals surface area contributed by atoms with Gasteiger partial charge in [-0.3, -0.25) is 4.79 Å². The van der Waals surface area contributed by atoms with Crippen LogP contribution < -0.4 is 5.32 Å². The summed E-state index contributed by atoms with van der Waals surface area (Å²) in [6, 6.07) is 8.28. The molecule has 5 nitrogen and oxygen atoms in total. The van der Waals surface area contributed by atoms with Gasteiger partial charge in [0.15, 0.2) is 0 Å². The number of nitrogens with zero attached hydrogens (tertiary/aromatic N) is 3. The monoisotopic (exact) mass is 408 g/mol. The zero-order chi connectivity index (χ0) is 20.8. The van der Waals surface area contributed by atoms with Crippen LogP contribution in [0.2, 0.25) is 0 Å². The van der Waals surface area contributed by atoms with Crippen LogP contribution in [-0.2, 0) is 17.6 Å². The van der Waals surface area contributed by atoms with E-state index in [4.69, 9.17) is 5.10 Å². The highest BCUT2D eigenvalue weighted by Crippen LogP contribution is 2.41. The number of rotatable bonds is 4. The lowest BCUT2D eigenvalue weighted by Crippen LogP contribution is -2.37. The Bertz CT molecular complexity index is 1060. The molecule has 0 radical (unpaired) electrons. The second-order valence-corrected chi connectivity index (χ2v) is 10.1. The average Bonchev–Trinajstić information content (AvgIpc) is 3.17. The van der Waals surface area contributed by atoms with E-state index in [1.165, 1.54) is 11.3 Å². The molecule has 0 aliphatic heterocycles. The molecule has 152 valence electrons. The lowest BCUT2D eigenvalue weighted by Gasteiger charge is -2.36. The molecule has 0 fully saturated rings. The Hall–Kier alpha value is -2.47. The second kappa shape index (κ2) is 7.41. The number of carbonyl (C=O) groups is 1. The van der Waals surface area contributed by atoms with Crippen LogP contribution in [0.3, 0.4) is 0 Å². The number of fused-ring (bicyclic) bond motifs is 1. The fraction of sp³-hybridized carbons (Fsp3) is 0.435. The van der Waals surface area contributed by atoms with Crippen molar-refractivity contribution in [1.82, 2.24) is 20.1 Å². The number of hydrogen-bond acceptors (Lipinski definition) is 4. The molecule has 2 aromatic heterocycles. The van der Waals surface area contributed by atoms with Crippen molar-refractivity contribution in [2.75, 3.05) is 0 Å². The second-order valence-electron chi connectivity index (χ2n) is 8.83. The molecule has 0 saturated carbocycles. The van der Waals surface area contributed by atoms with Crippen molar-refractivity contribution in [3.63, 3.8) is 0 Å². The summed E-state index contributed by atoms with van der Waals surface area (Å²) in [4.78, 5) is 18.3. The summed E-state index contributed by atoms with van der Waals surface area (Å²) >= 11 is 1.60. The third kappa shape index (κ3) is 3.99. The fourth-order valence-corrected chi connectivity index (χ4v) is 5.24.